The van der Waals surface area contributed by atoms with Gasteiger partial charge in [-0.15, -0.1) is 11.3 Å². The molecule has 1 aromatic rings. The zero-order valence-corrected chi connectivity index (χ0v) is 14.4. The van der Waals surface area contributed by atoms with E-state index >= 15 is 0 Å². The first kappa shape index (κ1) is 16.5. The van der Waals surface area contributed by atoms with Gasteiger partial charge in [-0.2, -0.15) is 4.31 Å². The van der Waals surface area contributed by atoms with Gasteiger partial charge in [-0.1, -0.05) is 13.8 Å². The molecule has 1 fully saturated rings. The summed E-state index contributed by atoms with van der Waals surface area (Å²) in [6.45, 7) is 6.92. The molecule has 0 saturated carbocycles. The lowest BCUT2D eigenvalue weighted by molar-refractivity contribution is 0.0602. The maximum absolute atomic E-state index is 12.9. The van der Waals surface area contributed by atoms with Crippen LogP contribution in [-0.4, -0.2) is 38.9 Å². The third kappa shape index (κ3) is 3.00. The molecule has 1 aliphatic rings. The molecule has 1 saturated heterocycles. The van der Waals surface area contributed by atoms with Crippen molar-refractivity contribution in [2.75, 3.05) is 20.2 Å². The zero-order chi connectivity index (χ0) is 15.8. The molecule has 7 heteroatoms. The van der Waals surface area contributed by atoms with E-state index in [9.17, 15) is 13.2 Å². The zero-order valence-electron chi connectivity index (χ0n) is 12.8. The lowest BCUT2D eigenvalue weighted by Crippen LogP contribution is -2.42. The predicted octanol–water partition coefficient (Wildman–Crippen LogP) is 2.51. The van der Waals surface area contributed by atoms with Gasteiger partial charge in [0, 0.05) is 13.1 Å². The van der Waals surface area contributed by atoms with Crippen LogP contribution in [0.4, 0.5) is 0 Å². The van der Waals surface area contributed by atoms with Crippen LogP contribution >= 0.6 is 11.3 Å². The smallest absolute Gasteiger partial charge is 0.349 e. The Bertz CT molecular complexity index is 635. The Morgan fingerprint density at radius 3 is 2.62 bits per heavy atom. The second-order valence-corrected chi connectivity index (χ2v) is 8.43. The summed E-state index contributed by atoms with van der Waals surface area (Å²) in [6, 6.07) is 0. The Morgan fingerprint density at radius 2 is 2.05 bits per heavy atom. The normalized spacial score (nSPS) is 24.0. The number of carbonyl (C=O) groups is 1. The van der Waals surface area contributed by atoms with Gasteiger partial charge >= 0.3 is 5.97 Å². The Balaban J connectivity index is 2.41. The van der Waals surface area contributed by atoms with Gasteiger partial charge in [0.2, 0.25) is 10.0 Å². The minimum Gasteiger partial charge on any atom is -0.465 e. The molecule has 1 aliphatic heterocycles. The summed E-state index contributed by atoms with van der Waals surface area (Å²) < 4.78 is 32.0. The number of hydrogen-bond donors (Lipinski definition) is 0. The molecule has 0 aromatic carbocycles. The fraction of sp³-hybridized carbons (Fsp3) is 0.643. The van der Waals surface area contributed by atoms with Crippen molar-refractivity contribution >= 4 is 27.3 Å². The summed E-state index contributed by atoms with van der Waals surface area (Å²) in [6.07, 6.45) is 0.844. The molecule has 0 amide bonds. The Kier molecular flexibility index (Phi) is 4.75. The third-order valence-electron chi connectivity index (χ3n) is 4.18. The Morgan fingerprint density at radius 1 is 1.38 bits per heavy atom. The quantitative estimate of drug-likeness (QED) is 0.798. The number of aryl methyl sites for hydroxylation is 1. The van der Waals surface area contributed by atoms with Crippen molar-refractivity contribution in [2.45, 2.75) is 32.1 Å². The third-order valence-corrected chi connectivity index (χ3v) is 7.44. The van der Waals surface area contributed by atoms with Gasteiger partial charge in [-0.05, 0) is 36.1 Å². The van der Waals surface area contributed by atoms with Gasteiger partial charge in [-0.3, -0.25) is 0 Å². The molecule has 21 heavy (non-hydrogen) atoms. The summed E-state index contributed by atoms with van der Waals surface area (Å²) in [5.74, 6) is 0.235. The molecule has 0 spiro atoms. The highest BCUT2D eigenvalue weighted by molar-refractivity contribution is 7.89. The molecule has 0 aliphatic carbocycles. The van der Waals surface area contributed by atoms with Crippen molar-refractivity contribution in [1.29, 1.82) is 0 Å². The van der Waals surface area contributed by atoms with Crippen LogP contribution in [0.2, 0.25) is 0 Å². The molecule has 118 valence electrons. The molecule has 1 aromatic heterocycles. The largest absolute Gasteiger partial charge is 0.465 e. The molecular formula is C14H21NO4S2. The van der Waals surface area contributed by atoms with Crippen molar-refractivity contribution in [3.05, 3.63) is 15.8 Å². The monoisotopic (exact) mass is 331 g/mol. The molecule has 0 bridgehead atoms. The number of rotatable bonds is 3. The van der Waals surface area contributed by atoms with Crippen molar-refractivity contribution in [3.8, 4) is 0 Å². The summed E-state index contributed by atoms with van der Waals surface area (Å²) in [5.41, 5.74) is 0.603. The standard InChI is InChI=1S/C14H21NO4S2/c1-9-5-6-15(7-10(9)2)21(17,18)13-11(3)8-20-12(13)14(16)19-4/h8-10H,5-7H2,1-4H3. The van der Waals surface area contributed by atoms with Gasteiger partial charge in [-0.25, -0.2) is 13.2 Å². The SMILES string of the molecule is COC(=O)c1scc(C)c1S(=O)(=O)N1CCC(C)C(C)C1. The second kappa shape index (κ2) is 6.06. The molecule has 2 heterocycles. The summed E-state index contributed by atoms with van der Waals surface area (Å²) in [7, 11) is -2.39. The van der Waals surface area contributed by atoms with Crippen molar-refractivity contribution in [1.82, 2.24) is 4.31 Å². The predicted molar refractivity (Wildman–Crippen MR) is 82.1 cm³/mol. The number of methoxy groups -OCH3 is 1. The van der Waals surface area contributed by atoms with Crippen LogP contribution in [0, 0.1) is 18.8 Å². The molecule has 2 unspecified atom stereocenters. The van der Waals surface area contributed by atoms with Gasteiger partial charge in [0.15, 0.2) is 0 Å². The van der Waals surface area contributed by atoms with Crippen LogP contribution in [0.15, 0.2) is 10.3 Å². The minimum atomic E-state index is -3.65. The van der Waals surface area contributed by atoms with Crippen LogP contribution in [0.1, 0.15) is 35.5 Å². The lowest BCUT2D eigenvalue weighted by Gasteiger charge is -2.34. The van der Waals surface area contributed by atoms with E-state index in [1.165, 1.54) is 11.4 Å². The fourth-order valence-electron chi connectivity index (χ4n) is 2.56. The number of sulfonamides is 1. The number of hydrogen-bond acceptors (Lipinski definition) is 5. The van der Waals surface area contributed by atoms with E-state index in [1.54, 1.807) is 12.3 Å². The summed E-state index contributed by atoms with van der Waals surface area (Å²) in [5, 5.41) is 1.69. The number of nitrogens with zero attached hydrogens (tertiary/aromatic N) is 1. The van der Waals surface area contributed by atoms with E-state index in [0.29, 0.717) is 30.5 Å². The highest BCUT2D eigenvalue weighted by atomic mass is 32.2. The van der Waals surface area contributed by atoms with Crippen LogP contribution in [-0.2, 0) is 14.8 Å². The van der Waals surface area contributed by atoms with E-state index in [0.717, 1.165) is 17.8 Å². The van der Waals surface area contributed by atoms with Crippen LogP contribution in [0.3, 0.4) is 0 Å². The summed E-state index contributed by atoms with van der Waals surface area (Å²) >= 11 is 1.12. The first-order valence-corrected chi connectivity index (χ1v) is 9.27. The minimum absolute atomic E-state index is 0.112. The molecule has 0 N–H and O–H groups in total. The van der Waals surface area contributed by atoms with E-state index in [-0.39, 0.29) is 9.77 Å². The second-order valence-electron chi connectivity index (χ2n) is 5.67. The highest BCUT2D eigenvalue weighted by Crippen LogP contribution is 2.33. The number of thiophene rings is 1. The number of piperidine rings is 1. The number of ether oxygens (including phenoxy) is 1. The van der Waals surface area contributed by atoms with Crippen LogP contribution in [0.25, 0.3) is 0 Å². The topological polar surface area (TPSA) is 63.7 Å². The Labute approximate surface area is 130 Å². The molecule has 2 atom stereocenters. The van der Waals surface area contributed by atoms with Gasteiger partial charge in [0.1, 0.15) is 9.77 Å². The average Bonchev–Trinajstić information content (AvgIpc) is 2.83. The molecule has 0 radical (unpaired) electrons. The lowest BCUT2D eigenvalue weighted by atomic mass is 9.90. The van der Waals surface area contributed by atoms with Crippen molar-refractivity contribution < 1.29 is 17.9 Å². The number of esters is 1. The maximum atomic E-state index is 12.9. The van der Waals surface area contributed by atoms with E-state index in [1.807, 2.05) is 0 Å². The van der Waals surface area contributed by atoms with Gasteiger partial charge in [0.25, 0.3) is 0 Å². The molecule has 2 rings (SSSR count). The van der Waals surface area contributed by atoms with Gasteiger partial charge < -0.3 is 4.74 Å². The Hall–Kier alpha value is -0.920. The number of carbonyl (C=O) groups excluding carboxylic acids is 1. The summed E-state index contributed by atoms with van der Waals surface area (Å²) in [4.78, 5) is 12.1. The van der Waals surface area contributed by atoms with Crippen LogP contribution < -0.4 is 0 Å². The van der Waals surface area contributed by atoms with Gasteiger partial charge in [0.05, 0.1) is 7.11 Å². The maximum Gasteiger partial charge on any atom is 0.349 e. The van der Waals surface area contributed by atoms with E-state index in [2.05, 4.69) is 13.8 Å². The van der Waals surface area contributed by atoms with E-state index in [4.69, 9.17) is 4.74 Å². The fourth-order valence-corrected chi connectivity index (χ4v) is 5.77. The highest BCUT2D eigenvalue weighted by Gasteiger charge is 2.36. The van der Waals surface area contributed by atoms with Crippen molar-refractivity contribution in [2.24, 2.45) is 11.8 Å². The molecular weight excluding hydrogens is 310 g/mol. The first-order valence-electron chi connectivity index (χ1n) is 6.95. The van der Waals surface area contributed by atoms with Crippen molar-refractivity contribution in [3.63, 3.8) is 0 Å². The average molecular weight is 331 g/mol. The van der Waals surface area contributed by atoms with Crippen LogP contribution in [0.5, 0.6) is 0 Å². The first-order chi connectivity index (χ1) is 9.78. The molecule has 5 nitrogen and oxygen atoms in total. The van der Waals surface area contributed by atoms with E-state index < -0.39 is 16.0 Å².